The molecule has 0 fully saturated rings. The molecule has 0 aliphatic carbocycles. The Morgan fingerprint density at radius 3 is 2.87 bits per heavy atom. The molecule has 2 aromatic rings. The van der Waals surface area contributed by atoms with E-state index in [0.29, 0.717) is 0 Å². The Labute approximate surface area is 90.3 Å². The molecule has 1 aromatic carbocycles. The first-order valence-corrected chi connectivity index (χ1v) is 5.58. The third-order valence-corrected chi connectivity index (χ3v) is 2.70. The fourth-order valence-corrected chi connectivity index (χ4v) is 1.93. The van der Waals surface area contributed by atoms with Crippen LogP contribution >= 0.6 is 0 Å². The summed E-state index contributed by atoms with van der Waals surface area (Å²) in [6.45, 7) is 6.95. The van der Waals surface area contributed by atoms with Gasteiger partial charge in [-0.1, -0.05) is 13.8 Å². The van der Waals surface area contributed by atoms with Crippen molar-refractivity contribution in [3.63, 3.8) is 0 Å². The van der Waals surface area contributed by atoms with Gasteiger partial charge in [0.05, 0.1) is 6.61 Å². The Morgan fingerprint density at radius 2 is 2.07 bits per heavy atom. The van der Waals surface area contributed by atoms with Gasteiger partial charge in [0.25, 0.3) is 0 Å². The van der Waals surface area contributed by atoms with Crippen molar-refractivity contribution in [2.45, 2.75) is 27.2 Å². The molecule has 3 rings (SSSR count). The van der Waals surface area contributed by atoms with Gasteiger partial charge in [0.2, 0.25) is 0 Å². The fourth-order valence-electron chi connectivity index (χ4n) is 1.93. The first kappa shape index (κ1) is 10.1. The second kappa shape index (κ2) is 3.97. The number of aromatic amines is 1. The van der Waals surface area contributed by atoms with E-state index in [1.54, 1.807) is 0 Å². The molecule has 0 amide bonds. The molecule has 2 heteroatoms. The van der Waals surface area contributed by atoms with Crippen LogP contribution in [0.15, 0.2) is 18.3 Å². The number of H-pyrrole nitrogens is 1. The van der Waals surface area contributed by atoms with Gasteiger partial charge in [-0.2, -0.15) is 0 Å². The van der Waals surface area contributed by atoms with Gasteiger partial charge in [-0.05, 0) is 30.2 Å². The van der Waals surface area contributed by atoms with Crippen LogP contribution in [0.25, 0.3) is 10.9 Å². The van der Waals surface area contributed by atoms with Gasteiger partial charge >= 0.3 is 0 Å². The monoisotopic (exact) mass is 203 g/mol. The number of nitrogens with one attached hydrogen (secondary N) is 1. The molecule has 80 valence electrons. The van der Waals surface area contributed by atoms with Gasteiger partial charge in [-0.3, -0.25) is 0 Å². The predicted octanol–water partition coefficient (Wildman–Crippen LogP) is 3.44. The van der Waals surface area contributed by atoms with Crippen LogP contribution in [-0.2, 0) is 6.42 Å². The van der Waals surface area contributed by atoms with Crippen LogP contribution in [0.3, 0.4) is 0 Å². The summed E-state index contributed by atoms with van der Waals surface area (Å²) in [5.41, 5.74) is 3.84. The van der Waals surface area contributed by atoms with Crippen LogP contribution in [0.1, 0.15) is 25.0 Å². The van der Waals surface area contributed by atoms with E-state index in [0.717, 1.165) is 18.8 Å². The molecule has 0 atom stereocenters. The van der Waals surface area contributed by atoms with Crippen LogP contribution in [-0.4, -0.2) is 11.6 Å². The minimum Gasteiger partial charge on any atom is -0.493 e. The summed E-state index contributed by atoms with van der Waals surface area (Å²) in [6, 6.07) is 4.34. The molecule has 0 bridgehead atoms. The van der Waals surface area contributed by atoms with Crippen LogP contribution in [0.4, 0.5) is 0 Å². The number of fused-ring (bicyclic) bond motifs is 2. The number of rotatable bonds is 0. The zero-order valence-electron chi connectivity index (χ0n) is 9.55. The maximum absolute atomic E-state index is 5.52. The second-order valence-corrected chi connectivity index (χ2v) is 3.58. The summed E-state index contributed by atoms with van der Waals surface area (Å²) < 4.78 is 5.52. The Hall–Kier alpha value is -1.44. The van der Waals surface area contributed by atoms with Gasteiger partial charge in [0.15, 0.2) is 0 Å². The van der Waals surface area contributed by atoms with Crippen molar-refractivity contribution in [3.8, 4) is 5.75 Å². The number of benzene rings is 1. The molecular formula is C13H17NO. The van der Waals surface area contributed by atoms with Crippen molar-refractivity contribution >= 4 is 10.9 Å². The lowest BCUT2D eigenvalue weighted by Crippen LogP contribution is -1.85. The summed E-state index contributed by atoms with van der Waals surface area (Å²) in [4.78, 5) is 3.26. The number of ether oxygens (including phenoxy) is 1. The molecule has 0 unspecified atom stereocenters. The van der Waals surface area contributed by atoms with E-state index in [4.69, 9.17) is 4.74 Å². The SMILES string of the molecule is CC.Cc1c[nH]c2cc3c(cc12)OCC3. The lowest BCUT2D eigenvalue weighted by Gasteiger charge is -1.99. The second-order valence-electron chi connectivity index (χ2n) is 3.58. The van der Waals surface area contributed by atoms with E-state index >= 15 is 0 Å². The molecule has 1 aliphatic rings. The van der Waals surface area contributed by atoms with Crippen molar-refractivity contribution in [3.05, 3.63) is 29.5 Å². The largest absolute Gasteiger partial charge is 0.493 e. The maximum atomic E-state index is 5.52. The minimum atomic E-state index is 0.834. The third kappa shape index (κ3) is 1.60. The summed E-state index contributed by atoms with van der Waals surface area (Å²) in [5, 5.41) is 1.28. The minimum absolute atomic E-state index is 0.834. The molecule has 2 nitrogen and oxygen atoms in total. The molecule has 1 aromatic heterocycles. The van der Waals surface area contributed by atoms with Crippen LogP contribution in [0, 0.1) is 6.92 Å². The van der Waals surface area contributed by atoms with Gasteiger partial charge in [0, 0.05) is 23.5 Å². The first-order valence-electron chi connectivity index (χ1n) is 5.58. The van der Waals surface area contributed by atoms with E-state index in [-0.39, 0.29) is 0 Å². The normalized spacial score (nSPS) is 13.0. The number of aromatic nitrogens is 1. The fraction of sp³-hybridized carbons (Fsp3) is 0.385. The molecule has 1 aliphatic heterocycles. The highest BCUT2D eigenvalue weighted by Crippen LogP contribution is 2.31. The number of aryl methyl sites for hydroxylation is 1. The molecule has 0 saturated carbocycles. The summed E-state index contributed by atoms with van der Waals surface area (Å²) in [7, 11) is 0. The van der Waals surface area contributed by atoms with E-state index in [1.165, 1.54) is 22.0 Å². The Morgan fingerprint density at radius 1 is 1.27 bits per heavy atom. The van der Waals surface area contributed by atoms with Gasteiger partial charge < -0.3 is 9.72 Å². The standard InChI is InChI=1S/C11H11NO.C2H6/c1-7-6-12-10-4-8-2-3-13-11(8)5-9(7)10;1-2/h4-6,12H,2-3H2,1H3;1-2H3. The average Bonchev–Trinajstić information content (AvgIpc) is 2.86. The van der Waals surface area contributed by atoms with Crippen LogP contribution in [0.2, 0.25) is 0 Å². The van der Waals surface area contributed by atoms with Crippen LogP contribution in [0.5, 0.6) is 5.75 Å². The lowest BCUT2D eigenvalue weighted by atomic mass is 10.1. The molecule has 0 spiro atoms. The zero-order valence-corrected chi connectivity index (χ0v) is 9.55. The van der Waals surface area contributed by atoms with Crippen molar-refractivity contribution in [1.82, 2.24) is 4.98 Å². The predicted molar refractivity (Wildman–Crippen MR) is 63.6 cm³/mol. The Kier molecular flexibility index (Phi) is 2.67. The van der Waals surface area contributed by atoms with E-state index < -0.39 is 0 Å². The smallest absolute Gasteiger partial charge is 0.123 e. The van der Waals surface area contributed by atoms with Crippen molar-refractivity contribution in [2.75, 3.05) is 6.61 Å². The molecule has 15 heavy (non-hydrogen) atoms. The average molecular weight is 203 g/mol. The van der Waals surface area contributed by atoms with E-state index in [9.17, 15) is 0 Å². The van der Waals surface area contributed by atoms with Gasteiger partial charge in [-0.25, -0.2) is 0 Å². The zero-order chi connectivity index (χ0) is 10.8. The lowest BCUT2D eigenvalue weighted by molar-refractivity contribution is 0.357. The van der Waals surface area contributed by atoms with Gasteiger partial charge in [0.1, 0.15) is 5.75 Å². The van der Waals surface area contributed by atoms with E-state index in [2.05, 4.69) is 24.0 Å². The Bertz CT molecular complexity index is 471. The highest BCUT2D eigenvalue weighted by atomic mass is 16.5. The quantitative estimate of drug-likeness (QED) is 0.697. The number of hydrogen-bond acceptors (Lipinski definition) is 1. The molecule has 0 saturated heterocycles. The third-order valence-electron chi connectivity index (χ3n) is 2.70. The highest BCUT2D eigenvalue weighted by Gasteiger charge is 2.13. The van der Waals surface area contributed by atoms with Crippen molar-refractivity contribution in [2.24, 2.45) is 0 Å². The summed E-state index contributed by atoms with van der Waals surface area (Å²) in [5.74, 6) is 1.06. The number of hydrogen-bond donors (Lipinski definition) is 1. The molecule has 2 heterocycles. The first-order chi connectivity index (χ1) is 7.34. The van der Waals surface area contributed by atoms with Crippen molar-refractivity contribution in [1.29, 1.82) is 0 Å². The van der Waals surface area contributed by atoms with Gasteiger partial charge in [-0.15, -0.1) is 0 Å². The molecule has 1 N–H and O–H groups in total. The molecule has 0 radical (unpaired) electrons. The van der Waals surface area contributed by atoms with Crippen LogP contribution < -0.4 is 4.74 Å². The topological polar surface area (TPSA) is 25.0 Å². The highest BCUT2D eigenvalue weighted by molar-refractivity contribution is 5.85. The maximum Gasteiger partial charge on any atom is 0.123 e. The summed E-state index contributed by atoms with van der Waals surface area (Å²) in [6.07, 6.45) is 3.09. The summed E-state index contributed by atoms with van der Waals surface area (Å²) >= 11 is 0. The van der Waals surface area contributed by atoms with E-state index in [1.807, 2.05) is 20.0 Å². The Balaban J connectivity index is 0.000000404. The van der Waals surface area contributed by atoms with Crippen molar-refractivity contribution < 1.29 is 4.74 Å². The molecular weight excluding hydrogens is 186 g/mol.